The highest BCUT2D eigenvalue weighted by Gasteiger charge is 2.11. The zero-order valence-corrected chi connectivity index (χ0v) is 31.6. The van der Waals surface area contributed by atoms with Crippen LogP contribution in [0.25, 0.3) is 19.6 Å². The monoisotopic (exact) mass is 741 g/mol. The molecule has 0 aliphatic heterocycles. The van der Waals surface area contributed by atoms with Crippen molar-refractivity contribution in [2.24, 2.45) is 0 Å². The van der Waals surface area contributed by atoms with Gasteiger partial charge in [-0.15, -0.1) is 37.9 Å². The van der Waals surface area contributed by atoms with Gasteiger partial charge in [0.05, 0.1) is 0 Å². The van der Waals surface area contributed by atoms with Crippen molar-refractivity contribution in [1.82, 2.24) is 4.72 Å². The Morgan fingerprint density at radius 2 is 0.740 bits per heavy atom. The molecule has 0 atom stereocenters. The Labute approximate surface area is 317 Å². The van der Waals surface area contributed by atoms with Crippen molar-refractivity contribution in [2.45, 2.75) is 0 Å². The molecule has 0 bridgehead atoms. The first kappa shape index (κ1) is 40.3. The van der Waals surface area contributed by atoms with Gasteiger partial charge in [-0.2, -0.15) is 0 Å². The summed E-state index contributed by atoms with van der Waals surface area (Å²) in [6.45, 7) is 16.5. The number of hydrogen-bond acceptors (Lipinski definition) is 9. The largest absolute Gasteiger partial charge is 0.490 e. The van der Waals surface area contributed by atoms with Crippen LogP contribution in [0.15, 0.2) is 148 Å². The van der Waals surface area contributed by atoms with Gasteiger partial charge in [0.25, 0.3) is 0 Å². The molecule has 4 aromatic carbocycles. The summed E-state index contributed by atoms with van der Waals surface area (Å²) in [5, 5.41) is 0. The van der Waals surface area contributed by atoms with Crippen LogP contribution in [0.3, 0.4) is 0 Å². The fourth-order valence-electron chi connectivity index (χ4n) is 4.20. The van der Waals surface area contributed by atoms with Crippen LogP contribution >= 0.6 is 49.8 Å². The number of nitrogens with one attached hydrogen (secondary N) is 1. The fourth-order valence-corrected chi connectivity index (χ4v) is 5.84. The lowest BCUT2D eigenvalue weighted by molar-refractivity contribution is 0.363. The van der Waals surface area contributed by atoms with Gasteiger partial charge in [-0.05, 0) is 89.8 Å². The van der Waals surface area contributed by atoms with Crippen molar-refractivity contribution < 1.29 is 18.9 Å². The maximum absolute atomic E-state index is 5.54. The lowest BCUT2D eigenvalue weighted by atomic mass is 10.1. The van der Waals surface area contributed by atoms with Crippen LogP contribution < -0.4 is 23.7 Å². The average molecular weight is 742 g/mol. The van der Waals surface area contributed by atoms with E-state index in [1.165, 1.54) is 11.9 Å². The van der Waals surface area contributed by atoms with Gasteiger partial charge in [-0.25, -0.2) is 0 Å². The van der Waals surface area contributed by atoms with E-state index in [9.17, 15) is 0 Å². The summed E-state index contributed by atoms with van der Waals surface area (Å²) in [6.07, 6.45) is 6.88. The van der Waals surface area contributed by atoms with Gasteiger partial charge in [0.2, 0.25) is 0 Å². The molecule has 9 heteroatoms. The minimum Gasteiger partial charge on any atom is -0.490 e. The fraction of sp³-hybridized carbons (Fsp3) is 0.122. The molecule has 0 fully saturated rings. The summed E-state index contributed by atoms with van der Waals surface area (Å²) in [6, 6.07) is 31.3. The molecule has 260 valence electrons. The third-order valence-corrected chi connectivity index (χ3v) is 9.24. The minimum atomic E-state index is 0.487. The molecule has 0 aromatic heterocycles. The van der Waals surface area contributed by atoms with E-state index in [1.54, 1.807) is 24.3 Å². The first-order valence-corrected chi connectivity index (χ1v) is 17.8. The summed E-state index contributed by atoms with van der Waals surface area (Å²) in [5.74, 6) is 3.21. The van der Waals surface area contributed by atoms with Crippen molar-refractivity contribution in [3.8, 4) is 23.0 Å². The predicted octanol–water partition coefficient (Wildman–Crippen LogP) is 10.9. The third kappa shape index (κ3) is 13.0. The molecular formula is C41H43NO4S4. The highest BCUT2D eigenvalue weighted by atomic mass is 32.2. The quantitative estimate of drug-likeness (QED) is 0.0353. The summed E-state index contributed by atoms with van der Waals surface area (Å²) in [7, 11) is 1.89. The normalized spacial score (nSPS) is 11.4. The van der Waals surface area contributed by atoms with Crippen LogP contribution in [-0.4, -0.2) is 33.5 Å². The third-order valence-electron chi connectivity index (χ3n) is 6.61. The predicted molar refractivity (Wildman–Crippen MR) is 226 cm³/mol. The number of thiol groups is 3. The van der Waals surface area contributed by atoms with E-state index < -0.39 is 0 Å². The molecule has 0 heterocycles. The molecule has 0 radical (unpaired) electrons. The van der Waals surface area contributed by atoms with Crippen LogP contribution in [0, 0.1) is 0 Å². The molecule has 1 N–H and O–H groups in total. The lowest BCUT2D eigenvalue weighted by Crippen LogP contribution is -1.96. The van der Waals surface area contributed by atoms with Crippen molar-refractivity contribution in [3.05, 3.63) is 170 Å². The maximum Gasteiger partial charge on any atom is 0.119 e. The number of ether oxygens (including phenoxy) is 4. The maximum atomic E-state index is 5.54. The Morgan fingerprint density at radius 1 is 0.480 bits per heavy atom. The van der Waals surface area contributed by atoms with Gasteiger partial charge in [-0.1, -0.05) is 99.2 Å². The van der Waals surface area contributed by atoms with Crippen LogP contribution in [0.1, 0.15) is 22.3 Å². The highest BCUT2D eigenvalue weighted by Crippen LogP contribution is 2.37. The SMILES string of the molecule is C=CCOc1ccc(/C(S)=C(/S)c2ccc(OCC=C)cc2)cc1.C=CCOc1ccc(/C(S)=C(/SNC)c2ccc(OCC=C)cc2)cc1. The van der Waals surface area contributed by atoms with Gasteiger partial charge in [0, 0.05) is 19.6 Å². The summed E-state index contributed by atoms with van der Waals surface area (Å²) in [5.41, 5.74) is 4.03. The van der Waals surface area contributed by atoms with Gasteiger partial charge in [0.1, 0.15) is 49.4 Å². The number of benzene rings is 4. The summed E-state index contributed by atoms with van der Waals surface area (Å²) >= 11 is 15.5. The lowest BCUT2D eigenvalue weighted by Gasteiger charge is -2.13. The molecule has 0 spiro atoms. The highest BCUT2D eigenvalue weighted by molar-refractivity contribution is 8.08. The van der Waals surface area contributed by atoms with E-state index in [-0.39, 0.29) is 0 Å². The summed E-state index contributed by atoms with van der Waals surface area (Å²) in [4.78, 5) is 3.52. The first-order chi connectivity index (χ1) is 24.3. The molecule has 0 aliphatic carbocycles. The second-order valence-corrected chi connectivity index (χ2v) is 12.5. The van der Waals surface area contributed by atoms with Gasteiger partial charge >= 0.3 is 0 Å². The topological polar surface area (TPSA) is 49.0 Å². The molecule has 0 unspecified atom stereocenters. The molecular weight excluding hydrogens is 699 g/mol. The minimum absolute atomic E-state index is 0.487. The van der Waals surface area contributed by atoms with Crippen LogP contribution in [0.2, 0.25) is 0 Å². The Hall–Kier alpha value is -4.12. The van der Waals surface area contributed by atoms with E-state index in [0.29, 0.717) is 26.4 Å². The average Bonchev–Trinajstić information content (AvgIpc) is 3.17. The van der Waals surface area contributed by atoms with E-state index in [4.69, 9.17) is 31.6 Å². The first-order valence-electron chi connectivity index (χ1n) is 15.6. The molecule has 0 saturated carbocycles. The molecule has 0 aliphatic rings. The summed E-state index contributed by atoms with van der Waals surface area (Å²) < 4.78 is 25.2. The van der Waals surface area contributed by atoms with E-state index in [2.05, 4.69) is 56.3 Å². The molecule has 4 rings (SSSR count). The van der Waals surface area contributed by atoms with Crippen molar-refractivity contribution >= 4 is 69.5 Å². The van der Waals surface area contributed by atoms with Crippen molar-refractivity contribution in [2.75, 3.05) is 33.5 Å². The van der Waals surface area contributed by atoms with Crippen LogP contribution in [0.4, 0.5) is 0 Å². The molecule has 0 saturated heterocycles. The van der Waals surface area contributed by atoms with E-state index >= 15 is 0 Å². The molecule has 0 amide bonds. The Kier molecular flexibility index (Phi) is 18.2. The molecule has 4 aromatic rings. The Bertz CT molecular complexity index is 1670. The zero-order valence-electron chi connectivity index (χ0n) is 28.1. The van der Waals surface area contributed by atoms with Gasteiger partial charge in [0.15, 0.2) is 0 Å². The van der Waals surface area contributed by atoms with Gasteiger partial charge < -0.3 is 18.9 Å². The van der Waals surface area contributed by atoms with E-state index in [1.807, 2.05) is 104 Å². The molecule has 50 heavy (non-hydrogen) atoms. The Morgan fingerprint density at radius 3 is 1.00 bits per heavy atom. The second-order valence-electron chi connectivity index (χ2n) is 10.2. The number of rotatable bonds is 18. The zero-order chi connectivity index (χ0) is 36.1. The van der Waals surface area contributed by atoms with Crippen LogP contribution in [-0.2, 0) is 0 Å². The Balaban J connectivity index is 0.000000271. The van der Waals surface area contributed by atoms with E-state index in [0.717, 1.165) is 64.9 Å². The van der Waals surface area contributed by atoms with Crippen molar-refractivity contribution in [1.29, 1.82) is 0 Å². The second kappa shape index (κ2) is 22.6. The standard InChI is InChI=1S/C21H23NO2S2.C20H20O2S2/c1-4-14-23-18-10-6-16(7-11-18)20(25)21(26-22-3)17-8-12-19(13-9-17)24-15-5-2;1-3-13-21-17-9-5-15(6-10-17)19(23)20(24)16-7-11-18(12-8-16)22-14-4-2/h4-13,22,25H,1-2,14-15H2,3H3;3-12,23-24H,1-2,13-14H2/b21-20-;20-19-. The smallest absolute Gasteiger partial charge is 0.119 e. The number of hydrogen-bond donors (Lipinski definition) is 4. The van der Waals surface area contributed by atoms with Crippen LogP contribution in [0.5, 0.6) is 23.0 Å². The van der Waals surface area contributed by atoms with Gasteiger partial charge in [-0.3, -0.25) is 4.72 Å². The van der Waals surface area contributed by atoms with Crippen molar-refractivity contribution in [3.63, 3.8) is 0 Å². The molecule has 5 nitrogen and oxygen atoms in total.